The van der Waals surface area contributed by atoms with Crippen LogP contribution in [0.5, 0.6) is 0 Å². The summed E-state index contributed by atoms with van der Waals surface area (Å²) in [5.41, 5.74) is 9.84. The predicted molar refractivity (Wildman–Crippen MR) is 57.7 cm³/mol. The zero-order valence-corrected chi connectivity index (χ0v) is 9.29. The highest BCUT2D eigenvalue weighted by Crippen LogP contribution is 2.40. The molecule has 0 aromatic heterocycles. The van der Waals surface area contributed by atoms with E-state index in [1.165, 1.54) is 6.42 Å². The molecule has 1 aliphatic carbocycles. The quantitative estimate of drug-likeness (QED) is 0.726. The molecule has 0 saturated heterocycles. The Morgan fingerprint density at radius 1 is 1.20 bits per heavy atom. The van der Waals surface area contributed by atoms with Gasteiger partial charge in [-0.15, -0.1) is 0 Å². The summed E-state index contributed by atoms with van der Waals surface area (Å²) in [6.07, 6.45) is 5.48. The second kappa shape index (κ2) is 4.64. The van der Waals surface area contributed by atoms with Gasteiger partial charge >= 0.3 is 0 Å². The summed E-state index contributed by atoms with van der Waals surface area (Å²) in [5, 5.41) is 0. The molecule has 0 spiro atoms. The Kier molecular flexibility index (Phi) is 3.72. The minimum absolute atomic E-state index is 0.0764. The number of rotatable bonds is 4. The third-order valence-corrected chi connectivity index (χ3v) is 3.61. The van der Waals surface area contributed by atoms with Gasteiger partial charge in [0.1, 0.15) is 0 Å². The van der Waals surface area contributed by atoms with E-state index in [0.717, 1.165) is 25.7 Å². The number of hydrogen-bond donors (Lipinski definition) is 2. The summed E-state index contributed by atoms with van der Waals surface area (Å²) in [4.78, 5) is 22.4. The van der Waals surface area contributed by atoms with Crippen LogP contribution in [0.4, 0.5) is 0 Å². The second-order valence-electron chi connectivity index (χ2n) is 4.76. The van der Waals surface area contributed by atoms with E-state index < -0.39 is 17.2 Å². The van der Waals surface area contributed by atoms with E-state index in [1.807, 2.05) is 0 Å². The highest BCUT2D eigenvalue weighted by atomic mass is 16.2. The normalized spacial score (nSPS) is 21.9. The van der Waals surface area contributed by atoms with E-state index in [4.69, 9.17) is 11.5 Å². The first-order chi connectivity index (χ1) is 6.97. The zero-order valence-electron chi connectivity index (χ0n) is 9.29. The first-order valence-corrected chi connectivity index (χ1v) is 5.55. The van der Waals surface area contributed by atoms with E-state index in [1.54, 1.807) is 6.92 Å². The van der Waals surface area contributed by atoms with Crippen LogP contribution in [-0.2, 0) is 9.59 Å². The Balaban J connectivity index is 2.78. The van der Waals surface area contributed by atoms with Crippen molar-refractivity contribution < 1.29 is 9.59 Å². The molecule has 86 valence electrons. The molecule has 1 fully saturated rings. The third-order valence-electron chi connectivity index (χ3n) is 3.61. The lowest BCUT2D eigenvalue weighted by molar-refractivity contribution is -0.136. The van der Waals surface area contributed by atoms with Gasteiger partial charge in [0.25, 0.3) is 0 Å². The van der Waals surface area contributed by atoms with Crippen LogP contribution < -0.4 is 11.5 Å². The molecule has 1 saturated carbocycles. The highest BCUT2D eigenvalue weighted by Gasteiger charge is 2.41. The van der Waals surface area contributed by atoms with Gasteiger partial charge in [0, 0.05) is 6.42 Å². The van der Waals surface area contributed by atoms with Gasteiger partial charge in [0.2, 0.25) is 11.8 Å². The molecule has 1 rings (SSSR count). The van der Waals surface area contributed by atoms with E-state index in [9.17, 15) is 9.59 Å². The minimum atomic E-state index is -0.744. The van der Waals surface area contributed by atoms with Gasteiger partial charge < -0.3 is 11.5 Å². The van der Waals surface area contributed by atoms with Gasteiger partial charge in [-0.25, -0.2) is 0 Å². The van der Waals surface area contributed by atoms with Gasteiger partial charge in [0.15, 0.2) is 0 Å². The summed E-state index contributed by atoms with van der Waals surface area (Å²) >= 11 is 0. The summed E-state index contributed by atoms with van der Waals surface area (Å²) in [7, 11) is 0. The smallest absolute Gasteiger partial charge is 0.224 e. The first kappa shape index (κ1) is 12.0. The maximum atomic E-state index is 11.5. The molecule has 1 atom stereocenters. The fourth-order valence-electron chi connectivity index (χ4n) is 2.53. The maximum absolute atomic E-state index is 11.5. The number of amides is 2. The molecule has 2 amide bonds. The van der Waals surface area contributed by atoms with Gasteiger partial charge in [-0.2, -0.15) is 0 Å². The van der Waals surface area contributed by atoms with Crippen molar-refractivity contribution in [3.05, 3.63) is 0 Å². The maximum Gasteiger partial charge on any atom is 0.224 e. The van der Waals surface area contributed by atoms with Crippen LogP contribution in [0, 0.1) is 11.3 Å². The molecule has 4 heteroatoms. The molecule has 0 heterocycles. The molecule has 4 nitrogen and oxygen atoms in total. The van der Waals surface area contributed by atoms with Crippen LogP contribution >= 0.6 is 0 Å². The van der Waals surface area contributed by atoms with Crippen molar-refractivity contribution in [3.8, 4) is 0 Å². The summed E-state index contributed by atoms with van der Waals surface area (Å²) < 4.78 is 0. The molecule has 4 N–H and O–H groups in total. The summed E-state index contributed by atoms with van der Waals surface area (Å²) in [5.74, 6) is -0.619. The van der Waals surface area contributed by atoms with Gasteiger partial charge in [-0.3, -0.25) is 9.59 Å². The zero-order chi connectivity index (χ0) is 11.5. The van der Waals surface area contributed by atoms with Crippen molar-refractivity contribution in [2.75, 3.05) is 0 Å². The van der Waals surface area contributed by atoms with Crippen LogP contribution in [0.3, 0.4) is 0 Å². The van der Waals surface area contributed by atoms with Crippen molar-refractivity contribution in [1.82, 2.24) is 0 Å². The number of carbonyl (C=O) groups excluding carboxylic acids is 2. The van der Waals surface area contributed by atoms with Gasteiger partial charge in [-0.05, 0) is 25.7 Å². The van der Waals surface area contributed by atoms with Crippen molar-refractivity contribution in [1.29, 1.82) is 0 Å². The number of primary amides is 2. The van der Waals surface area contributed by atoms with Gasteiger partial charge in [-0.1, -0.05) is 19.3 Å². The van der Waals surface area contributed by atoms with Crippen LogP contribution in [0.1, 0.15) is 45.4 Å². The van der Waals surface area contributed by atoms with Crippen molar-refractivity contribution in [2.24, 2.45) is 22.8 Å². The molecule has 0 aliphatic heterocycles. The average molecular weight is 212 g/mol. The van der Waals surface area contributed by atoms with E-state index in [-0.39, 0.29) is 12.3 Å². The number of nitrogens with two attached hydrogens (primary N) is 2. The second-order valence-corrected chi connectivity index (χ2v) is 4.76. The molecule has 1 unspecified atom stereocenters. The standard InChI is InChI=1S/C11H20N2O2/c1-11(10(13)15,7-9(12)14)8-5-3-2-4-6-8/h8H,2-7H2,1H3,(H2,12,14)(H2,13,15). The fourth-order valence-corrected chi connectivity index (χ4v) is 2.53. The Hall–Kier alpha value is -1.06. The average Bonchev–Trinajstić information content (AvgIpc) is 2.17. The van der Waals surface area contributed by atoms with E-state index in [0.29, 0.717) is 0 Å². The molecule has 0 bridgehead atoms. The molecular formula is C11H20N2O2. The van der Waals surface area contributed by atoms with E-state index in [2.05, 4.69) is 0 Å². The minimum Gasteiger partial charge on any atom is -0.370 e. The summed E-state index contributed by atoms with van der Waals surface area (Å²) in [6, 6.07) is 0. The lowest BCUT2D eigenvalue weighted by Crippen LogP contribution is -2.44. The Morgan fingerprint density at radius 2 is 1.73 bits per heavy atom. The summed E-state index contributed by atoms with van der Waals surface area (Å²) in [6.45, 7) is 1.77. The molecule has 15 heavy (non-hydrogen) atoms. The lowest BCUT2D eigenvalue weighted by Gasteiger charge is -2.36. The Labute approximate surface area is 90.4 Å². The van der Waals surface area contributed by atoms with Crippen molar-refractivity contribution in [3.63, 3.8) is 0 Å². The topological polar surface area (TPSA) is 86.2 Å². The Bertz CT molecular complexity index is 259. The molecular weight excluding hydrogens is 192 g/mol. The van der Waals surface area contributed by atoms with Crippen molar-refractivity contribution in [2.45, 2.75) is 45.4 Å². The van der Waals surface area contributed by atoms with Gasteiger partial charge in [0.05, 0.1) is 5.41 Å². The molecule has 0 aromatic rings. The van der Waals surface area contributed by atoms with Crippen LogP contribution in [0.2, 0.25) is 0 Å². The van der Waals surface area contributed by atoms with Crippen LogP contribution in [-0.4, -0.2) is 11.8 Å². The highest BCUT2D eigenvalue weighted by molar-refractivity contribution is 5.87. The number of hydrogen-bond acceptors (Lipinski definition) is 2. The monoisotopic (exact) mass is 212 g/mol. The first-order valence-electron chi connectivity index (χ1n) is 5.55. The largest absolute Gasteiger partial charge is 0.370 e. The fraction of sp³-hybridized carbons (Fsp3) is 0.818. The van der Waals surface area contributed by atoms with Crippen molar-refractivity contribution >= 4 is 11.8 Å². The number of carbonyl (C=O) groups is 2. The predicted octanol–water partition coefficient (Wildman–Crippen LogP) is 0.934. The van der Waals surface area contributed by atoms with Crippen LogP contribution in [0.15, 0.2) is 0 Å². The SMILES string of the molecule is CC(CC(N)=O)(C(N)=O)C1CCCCC1. The Morgan fingerprint density at radius 3 is 2.13 bits per heavy atom. The molecule has 1 aliphatic rings. The molecule has 0 aromatic carbocycles. The van der Waals surface area contributed by atoms with E-state index >= 15 is 0 Å². The third kappa shape index (κ3) is 2.70. The van der Waals surface area contributed by atoms with Crippen LogP contribution in [0.25, 0.3) is 0 Å². The lowest BCUT2D eigenvalue weighted by atomic mass is 9.67. The molecule has 0 radical (unpaired) electrons.